The van der Waals surface area contributed by atoms with Crippen LogP contribution in [0, 0.1) is 0 Å². The van der Waals surface area contributed by atoms with Gasteiger partial charge in [-0.3, -0.25) is 4.72 Å². The first-order valence-corrected chi connectivity index (χ1v) is 11.0. The van der Waals surface area contributed by atoms with Crippen LogP contribution >= 0.6 is 11.3 Å². The maximum Gasteiger partial charge on any atom is 0.338 e. The van der Waals surface area contributed by atoms with Gasteiger partial charge in [0.2, 0.25) is 10.1 Å². The lowest BCUT2D eigenvalue weighted by Gasteiger charge is -2.06. The number of hydrogen-bond donors (Lipinski definition) is 1. The van der Waals surface area contributed by atoms with E-state index in [0.29, 0.717) is 4.96 Å². The number of ether oxygens (including phenoxy) is 1. The molecular formula is C19H16N4O4S2. The average Bonchev–Trinajstić information content (AvgIpc) is 3.27. The van der Waals surface area contributed by atoms with Crippen molar-refractivity contribution in [3.05, 3.63) is 66.4 Å². The molecule has 0 bridgehead atoms. The smallest absolute Gasteiger partial charge is 0.338 e. The summed E-state index contributed by atoms with van der Waals surface area (Å²) in [4.78, 5) is 16.8. The van der Waals surface area contributed by atoms with Crippen LogP contribution in [0.1, 0.15) is 17.3 Å². The largest absolute Gasteiger partial charge is 0.462 e. The summed E-state index contributed by atoms with van der Waals surface area (Å²) in [6, 6.07) is 15.2. The molecule has 0 fully saturated rings. The zero-order valence-electron chi connectivity index (χ0n) is 15.3. The van der Waals surface area contributed by atoms with Gasteiger partial charge >= 0.3 is 5.97 Å². The highest BCUT2D eigenvalue weighted by molar-refractivity contribution is 7.93. The van der Waals surface area contributed by atoms with Crippen LogP contribution in [0.15, 0.2) is 65.7 Å². The van der Waals surface area contributed by atoms with E-state index in [1.165, 1.54) is 28.8 Å². The van der Waals surface area contributed by atoms with Crippen molar-refractivity contribution >= 4 is 37.4 Å². The van der Waals surface area contributed by atoms with Gasteiger partial charge in [0.05, 0.1) is 29.0 Å². The SMILES string of the molecule is CCOC(=O)c1ccc(S(=O)(=O)Nc2nn3cc(-c4ccccc4)nc3s2)cc1. The Morgan fingerprint density at radius 1 is 1.14 bits per heavy atom. The Bertz CT molecular complexity index is 1230. The Labute approximate surface area is 170 Å². The van der Waals surface area contributed by atoms with Gasteiger partial charge in [-0.1, -0.05) is 41.7 Å². The van der Waals surface area contributed by atoms with Crippen LogP contribution in [0.4, 0.5) is 5.13 Å². The van der Waals surface area contributed by atoms with E-state index in [2.05, 4.69) is 14.8 Å². The van der Waals surface area contributed by atoms with Gasteiger partial charge in [-0.05, 0) is 31.2 Å². The van der Waals surface area contributed by atoms with Crippen molar-refractivity contribution in [2.75, 3.05) is 11.3 Å². The number of fused-ring (bicyclic) bond motifs is 1. The van der Waals surface area contributed by atoms with Crippen LogP contribution in [-0.2, 0) is 14.8 Å². The van der Waals surface area contributed by atoms with Crippen molar-refractivity contribution in [2.45, 2.75) is 11.8 Å². The summed E-state index contributed by atoms with van der Waals surface area (Å²) in [5.74, 6) is -0.500. The number of nitrogens with one attached hydrogen (secondary N) is 1. The summed E-state index contributed by atoms with van der Waals surface area (Å²) >= 11 is 1.13. The molecule has 2 heterocycles. The molecule has 0 aliphatic rings. The normalized spacial score (nSPS) is 11.5. The molecule has 0 saturated heterocycles. The van der Waals surface area contributed by atoms with Crippen LogP contribution in [-0.4, -0.2) is 35.6 Å². The Hall–Kier alpha value is -3.24. The second-order valence-electron chi connectivity index (χ2n) is 5.98. The minimum absolute atomic E-state index is 0.0170. The summed E-state index contributed by atoms with van der Waals surface area (Å²) < 4.78 is 34.1. The van der Waals surface area contributed by atoms with E-state index in [-0.39, 0.29) is 22.2 Å². The summed E-state index contributed by atoms with van der Waals surface area (Å²) in [6.45, 7) is 1.95. The number of carbonyl (C=O) groups excluding carboxylic acids is 1. The molecule has 2 aromatic carbocycles. The highest BCUT2D eigenvalue weighted by Crippen LogP contribution is 2.26. The second-order valence-corrected chi connectivity index (χ2v) is 8.62. The maximum absolute atomic E-state index is 12.6. The molecule has 8 nitrogen and oxygen atoms in total. The molecule has 0 aliphatic heterocycles. The molecule has 148 valence electrons. The first-order valence-electron chi connectivity index (χ1n) is 8.68. The van der Waals surface area contributed by atoms with Crippen LogP contribution in [0.25, 0.3) is 16.2 Å². The van der Waals surface area contributed by atoms with Crippen molar-refractivity contribution in [3.8, 4) is 11.3 Å². The number of nitrogens with zero attached hydrogens (tertiary/aromatic N) is 3. The molecule has 4 aromatic rings. The fourth-order valence-corrected chi connectivity index (χ4v) is 4.66. The van der Waals surface area contributed by atoms with E-state index in [0.717, 1.165) is 22.6 Å². The van der Waals surface area contributed by atoms with Crippen LogP contribution in [0.5, 0.6) is 0 Å². The van der Waals surface area contributed by atoms with E-state index in [1.54, 1.807) is 13.1 Å². The maximum atomic E-state index is 12.6. The second kappa shape index (κ2) is 7.64. The lowest BCUT2D eigenvalue weighted by molar-refractivity contribution is 0.0526. The lowest BCUT2D eigenvalue weighted by Crippen LogP contribution is -2.13. The van der Waals surface area contributed by atoms with Gasteiger partial charge in [-0.25, -0.2) is 22.7 Å². The summed E-state index contributed by atoms with van der Waals surface area (Å²) in [7, 11) is -3.85. The van der Waals surface area contributed by atoms with Crippen LogP contribution in [0.3, 0.4) is 0 Å². The van der Waals surface area contributed by atoms with E-state index >= 15 is 0 Å². The summed E-state index contributed by atoms with van der Waals surface area (Å²) in [5, 5.41) is 4.44. The Kier molecular flexibility index (Phi) is 5.03. The number of hydrogen-bond acceptors (Lipinski definition) is 7. The van der Waals surface area contributed by atoms with Gasteiger partial charge in [0.1, 0.15) is 0 Å². The number of aromatic nitrogens is 3. The molecule has 0 radical (unpaired) electrons. The standard InChI is InChI=1S/C19H16N4O4S2/c1-2-27-17(24)14-8-10-15(11-9-14)29(25,26)22-18-21-23-12-16(20-19(23)28-18)13-6-4-3-5-7-13/h3-12H,2H2,1H3,(H,21,22). The van der Waals surface area contributed by atoms with Gasteiger partial charge in [0.15, 0.2) is 0 Å². The third-order valence-corrected chi connectivity index (χ3v) is 6.33. The van der Waals surface area contributed by atoms with Gasteiger partial charge in [-0.15, -0.1) is 5.10 Å². The van der Waals surface area contributed by atoms with Gasteiger partial charge in [0.25, 0.3) is 10.0 Å². The quantitative estimate of drug-likeness (QED) is 0.472. The summed E-state index contributed by atoms with van der Waals surface area (Å²) in [6.07, 6.45) is 1.74. The van der Waals surface area contributed by atoms with E-state index in [9.17, 15) is 13.2 Å². The average molecular weight is 428 g/mol. The van der Waals surface area contributed by atoms with Crippen molar-refractivity contribution in [3.63, 3.8) is 0 Å². The van der Waals surface area contributed by atoms with Crippen molar-refractivity contribution in [1.82, 2.24) is 14.6 Å². The van der Waals surface area contributed by atoms with E-state index in [1.807, 2.05) is 30.3 Å². The third kappa shape index (κ3) is 3.98. The minimum Gasteiger partial charge on any atom is -0.462 e. The highest BCUT2D eigenvalue weighted by Gasteiger charge is 2.19. The van der Waals surface area contributed by atoms with Gasteiger partial charge in [0, 0.05) is 5.56 Å². The zero-order valence-corrected chi connectivity index (χ0v) is 16.9. The lowest BCUT2D eigenvalue weighted by atomic mass is 10.2. The van der Waals surface area contributed by atoms with Gasteiger partial charge < -0.3 is 4.74 Å². The Balaban J connectivity index is 1.54. The van der Waals surface area contributed by atoms with Crippen molar-refractivity contribution < 1.29 is 17.9 Å². The number of sulfonamides is 1. The van der Waals surface area contributed by atoms with Crippen LogP contribution < -0.4 is 4.72 Å². The molecule has 0 unspecified atom stereocenters. The third-order valence-electron chi connectivity index (χ3n) is 4.01. The number of anilines is 1. The van der Waals surface area contributed by atoms with Crippen molar-refractivity contribution in [2.24, 2.45) is 0 Å². The Morgan fingerprint density at radius 3 is 2.52 bits per heavy atom. The molecule has 2 aromatic heterocycles. The first-order chi connectivity index (χ1) is 14.0. The summed E-state index contributed by atoms with van der Waals surface area (Å²) in [5.41, 5.74) is 1.99. The molecule has 0 saturated carbocycles. The number of imidazole rings is 1. The molecule has 10 heteroatoms. The molecule has 1 N–H and O–H groups in total. The zero-order chi connectivity index (χ0) is 20.4. The number of esters is 1. The number of carbonyl (C=O) groups is 1. The number of benzene rings is 2. The predicted octanol–water partition coefficient (Wildman–Crippen LogP) is 3.44. The van der Waals surface area contributed by atoms with Crippen molar-refractivity contribution in [1.29, 1.82) is 0 Å². The minimum atomic E-state index is -3.85. The topological polar surface area (TPSA) is 103 Å². The molecule has 4 rings (SSSR count). The fraction of sp³-hybridized carbons (Fsp3) is 0.105. The van der Waals surface area contributed by atoms with Crippen LogP contribution in [0.2, 0.25) is 0 Å². The predicted molar refractivity (Wildman–Crippen MR) is 110 cm³/mol. The highest BCUT2D eigenvalue weighted by atomic mass is 32.2. The van der Waals surface area contributed by atoms with E-state index in [4.69, 9.17) is 4.74 Å². The van der Waals surface area contributed by atoms with Gasteiger partial charge in [-0.2, -0.15) is 0 Å². The molecule has 0 atom stereocenters. The molecule has 0 aliphatic carbocycles. The monoisotopic (exact) mass is 428 g/mol. The van der Waals surface area contributed by atoms with E-state index < -0.39 is 16.0 Å². The Morgan fingerprint density at radius 2 is 1.86 bits per heavy atom. The molecule has 0 amide bonds. The molecular weight excluding hydrogens is 412 g/mol. The first kappa shape index (κ1) is 19.1. The fourth-order valence-electron chi connectivity index (χ4n) is 2.65. The molecule has 29 heavy (non-hydrogen) atoms. The number of rotatable bonds is 6. The molecule has 0 spiro atoms.